The summed E-state index contributed by atoms with van der Waals surface area (Å²) >= 11 is 5.77. The molecule has 1 fully saturated rings. The van der Waals surface area contributed by atoms with Gasteiger partial charge in [0.25, 0.3) is 0 Å². The van der Waals surface area contributed by atoms with Crippen LogP contribution in [-0.4, -0.2) is 43.2 Å². The first-order valence-corrected chi connectivity index (χ1v) is 6.51. The van der Waals surface area contributed by atoms with Crippen LogP contribution >= 0.6 is 11.6 Å². The van der Waals surface area contributed by atoms with E-state index in [1.807, 2.05) is 11.8 Å². The molecule has 0 spiro atoms. The van der Waals surface area contributed by atoms with Crippen LogP contribution in [0.3, 0.4) is 0 Å². The molecule has 19 heavy (non-hydrogen) atoms. The predicted molar refractivity (Wildman–Crippen MR) is 71.9 cm³/mol. The Hall–Kier alpha value is -1.17. The molecule has 1 saturated heterocycles. The van der Waals surface area contributed by atoms with E-state index >= 15 is 0 Å². The molecule has 1 N–H and O–H groups in total. The molecule has 0 radical (unpaired) electrons. The maximum absolute atomic E-state index is 13.5. The SMILES string of the molecule is C[C@H]1CN(CC(=O)Nc2cc(Cl)ccc2F)CCO1. The molecule has 104 valence electrons. The number of hydrogen-bond donors (Lipinski definition) is 1. The maximum Gasteiger partial charge on any atom is 0.238 e. The first-order valence-electron chi connectivity index (χ1n) is 6.13. The molecule has 0 saturated carbocycles. The molecule has 4 nitrogen and oxygen atoms in total. The van der Waals surface area contributed by atoms with Crippen molar-refractivity contribution in [2.75, 3.05) is 31.6 Å². The zero-order chi connectivity index (χ0) is 13.8. The number of halogens is 2. The zero-order valence-corrected chi connectivity index (χ0v) is 11.4. The summed E-state index contributed by atoms with van der Waals surface area (Å²) in [4.78, 5) is 13.8. The minimum atomic E-state index is -0.493. The smallest absolute Gasteiger partial charge is 0.238 e. The van der Waals surface area contributed by atoms with E-state index in [1.165, 1.54) is 18.2 Å². The molecule has 1 heterocycles. The van der Waals surface area contributed by atoms with Crippen LogP contribution in [0.15, 0.2) is 18.2 Å². The van der Waals surface area contributed by atoms with Gasteiger partial charge in [0.1, 0.15) is 5.82 Å². The minimum Gasteiger partial charge on any atom is -0.376 e. The lowest BCUT2D eigenvalue weighted by molar-refractivity contribution is -0.119. The quantitative estimate of drug-likeness (QED) is 0.926. The normalized spacial score (nSPS) is 20.3. The van der Waals surface area contributed by atoms with Crippen LogP contribution in [0.5, 0.6) is 0 Å². The number of carbonyl (C=O) groups is 1. The van der Waals surface area contributed by atoms with Crippen molar-refractivity contribution in [1.29, 1.82) is 0 Å². The lowest BCUT2D eigenvalue weighted by Crippen LogP contribution is -2.44. The van der Waals surface area contributed by atoms with Gasteiger partial charge in [-0.15, -0.1) is 0 Å². The number of carbonyl (C=O) groups excluding carboxylic acids is 1. The summed E-state index contributed by atoms with van der Waals surface area (Å²) in [6, 6.07) is 4.07. The van der Waals surface area contributed by atoms with Crippen molar-refractivity contribution < 1.29 is 13.9 Å². The molecule has 1 aliphatic heterocycles. The third kappa shape index (κ3) is 4.16. The van der Waals surface area contributed by atoms with Gasteiger partial charge in [0.05, 0.1) is 24.9 Å². The molecule has 6 heteroatoms. The summed E-state index contributed by atoms with van der Waals surface area (Å²) < 4.78 is 18.9. The summed E-state index contributed by atoms with van der Waals surface area (Å²) in [6.07, 6.45) is 0.115. The van der Waals surface area contributed by atoms with Crippen LogP contribution in [0.1, 0.15) is 6.92 Å². The summed E-state index contributed by atoms with van der Waals surface area (Å²) in [6.45, 7) is 4.20. The molecule has 2 rings (SSSR count). The number of hydrogen-bond acceptors (Lipinski definition) is 3. The largest absolute Gasteiger partial charge is 0.376 e. The molecular formula is C13H16ClFN2O2. The summed E-state index contributed by atoms with van der Waals surface area (Å²) in [5, 5.41) is 2.92. The molecule has 0 unspecified atom stereocenters. The van der Waals surface area contributed by atoms with Crippen LogP contribution in [0, 0.1) is 5.82 Å². The average molecular weight is 287 g/mol. The second-order valence-corrected chi connectivity index (χ2v) is 5.03. The Morgan fingerprint density at radius 1 is 1.63 bits per heavy atom. The number of morpholine rings is 1. The van der Waals surface area contributed by atoms with Gasteiger partial charge >= 0.3 is 0 Å². The van der Waals surface area contributed by atoms with E-state index in [9.17, 15) is 9.18 Å². The lowest BCUT2D eigenvalue weighted by Gasteiger charge is -2.30. The first kappa shape index (κ1) is 14.2. The van der Waals surface area contributed by atoms with Gasteiger partial charge in [0, 0.05) is 18.1 Å². The van der Waals surface area contributed by atoms with Crippen molar-refractivity contribution in [3.05, 3.63) is 29.0 Å². The fourth-order valence-corrected chi connectivity index (χ4v) is 2.19. The highest BCUT2D eigenvalue weighted by Gasteiger charge is 2.19. The maximum atomic E-state index is 13.5. The van der Waals surface area contributed by atoms with E-state index in [0.717, 1.165) is 0 Å². The summed E-state index contributed by atoms with van der Waals surface area (Å²) in [5.74, 6) is -0.747. The Kier molecular flexibility index (Phi) is 4.74. The predicted octanol–water partition coefficient (Wildman–Crippen LogP) is 2.14. The van der Waals surface area contributed by atoms with E-state index in [1.54, 1.807) is 0 Å². The molecule has 0 aromatic heterocycles. The van der Waals surface area contributed by atoms with Gasteiger partial charge in [0.2, 0.25) is 5.91 Å². The second-order valence-electron chi connectivity index (χ2n) is 4.59. The van der Waals surface area contributed by atoms with E-state index in [4.69, 9.17) is 16.3 Å². The van der Waals surface area contributed by atoms with Crippen molar-refractivity contribution in [3.8, 4) is 0 Å². The standard InChI is InChI=1S/C13H16ClFN2O2/c1-9-7-17(4-5-19-9)8-13(18)16-12-6-10(14)2-3-11(12)15/h2-3,6,9H,4-5,7-8H2,1H3,(H,16,18)/t9-/m0/s1. The Labute approximate surface area is 116 Å². The molecule has 0 bridgehead atoms. The number of rotatable bonds is 3. The lowest BCUT2D eigenvalue weighted by atomic mass is 10.3. The number of nitrogens with one attached hydrogen (secondary N) is 1. The Morgan fingerprint density at radius 2 is 2.42 bits per heavy atom. The third-order valence-corrected chi connectivity index (χ3v) is 3.13. The number of anilines is 1. The van der Waals surface area contributed by atoms with E-state index in [2.05, 4.69) is 5.32 Å². The highest BCUT2D eigenvalue weighted by atomic mass is 35.5. The number of ether oxygens (including phenoxy) is 1. The van der Waals surface area contributed by atoms with Gasteiger partial charge in [-0.3, -0.25) is 9.69 Å². The highest BCUT2D eigenvalue weighted by Crippen LogP contribution is 2.19. The van der Waals surface area contributed by atoms with Crippen LogP contribution in [0.4, 0.5) is 10.1 Å². The molecule has 0 aliphatic carbocycles. The second kappa shape index (κ2) is 6.32. The fraction of sp³-hybridized carbons (Fsp3) is 0.462. The van der Waals surface area contributed by atoms with Crippen molar-refractivity contribution >= 4 is 23.2 Å². The Bertz CT molecular complexity index is 470. The monoisotopic (exact) mass is 286 g/mol. The van der Waals surface area contributed by atoms with E-state index in [0.29, 0.717) is 24.7 Å². The van der Waals surface area contributed by atoms with Crippen molar-refractivity contribution in [2.24, 2.45) is 0 Å². The van der Waals surface area contributed by atoms with Crippen LogP contribution in [0.25, 0.3) is 0 Å². The van der Waals surface area contributed by atoms with Gasteiger partial charge in [-0.05, 0) is 25.1 Å². The molecular weight excluding hydrogens is 271 g/mol. The molecule has 1 atom stereocenters. The first-order chi connectivity index (χ1) is 9.04. The molecule has 1 aliphatic rings. The van der Waals surface area contributed by atoms with Gasteiger partial charge in [-0.2, -0.15) is 0 Å². The Balaban J connectivity index is 1.92. The summed E-state index contributed by atoms with van der Waals surface area (Å²) in [5.41, 5.74) is 0.110. The third-order valence-electron chi connectivity index (χ3n) is 2.89. The number of amides is 1. The number of benzene rings is 1. The van der Waals surface area contributed by atoms with Crippen molar-refractivity contribution in [2.45, 2.75) is 13.0 Å². The zero-order valence-electron chi connectivity index (χ0n) is 10.7. The fourth-order valence-electron chi connectivity index (χ4n) is 2.02. The highest BCUT2D eigenvalue weighted by molar-refractivity contribution is 6.30. The van der Waals surface area contributed by atoms with Gasteiger partial charge < -0.3 is 10.1 Å². The van der Waals surface area contributed by atoms with Crippen molar-refractivity contribution in [1.82, 2.24) is 4.90 Å². The minimum absolute atomic E-state index is 0.110. The van der Waals surface area contributed by atoms with Crippen LogP contribution in [0.2, 0.25) is 5.02 Å². The van der Waals surface area contributed by atoms with E-state index in [-0.39, 0.29) is 24.2 Å². The number of nitrogens with zero attached hydrogens (tertiary/aromatic N) is 1. The molecule has 1 aromatic rings. The summed E-state index contributed by atoms with van der Waals surface area (Å²) in [7, 11) is 0. The topological polar surface area (TPSA) is 41.6 Å². The molecule has 1 amide bonds. The van der Waals surface area contributed by atoms with Gasteiger partial charge in [0.15, 0.2) is 0 Å². The Morgan fingerprint density at radius 3 is 3.16 bits per heavy atom. The van der Waals surface area contributed by atoms with Crippen LogP contribution < -0.4 is 5.32 Å². The van der Waals surface area contributed by atoms with Crippen molar-refractivity contribution in [3.63, 3.8) is 0 Å². The van der Waals surface area contributed by atoms with Gasteiger partial charge in [-0.1, -0.05) is 11.6 Å². The average Bonchev–Trinajstić information content (AvgIpc) is 2.34. The molecule has 1 aromatic carbocycles. The van der Waals surface area contributed by atoms with E-state index < -0.39 is 5.82 Å². The van der Waals surface area contributed by atoms with Crippen LogP contribution in [-0.2, 0) is 9.53 Å². The van der Waals surface area contributed by atoms with Gasteiger partial charge in [-0.25, -0.2) is 4.39 Å².